The number of aromatic nitrogens is 1. The molecular weight excluding hydrogens is 262 g/mol. The maximum Gasteiger partial charge on any atom is 0.348 e. The number of hydrogen-bond donors (Lipinski definition) is 2. The van der Waals surface area contributed by atoms with Crippen molar-refractivity contribution in [3.63, 3.8) is 0 Å². The SMILES string of the molecule is COc1ccc2[nH]cc(CC(C)(OC=O)C(=O)O)c2c1. The van der Waals surface area contributed by atoms with Crippen molar-refractivity contribution in [1.82, 2.24) is 4.98 Å². The number of carbonyl (C=O) groups excluding carboxylic acids is 1. The Labute approximate surface area is 115 Å². The lowest BCUT2D eigenvalue weighted by Crippen LogP contribution is -2.40. The summed E-state index contributed by atoms with van der Waals surface area (Å²) < 4.78 is 9.90. The number of carbonyl (C=O) groups is 2. The van der Waals surface area contributed by atoms with Crippen LogP contribution in [0, 0.1) is 0 Å². The van der Waals surface area contributed by atoms with Gasteiger partial charge >= 0.3 is 5.97 Å². The van der Waals surface area contributed by atoms with E-state index in [0.717, 1.165) is 16.5 Å². The molecule has 2 aromatic rings. The number of aliphatic carboxylic acids is 1. The lowest BCUT2D eigenvalue weighted by molar-refractivity contribution is -0.168. The third-order valence-electron chi connectivity index (χ3n) is 3.26. The maximum absolute atomic E-state index is 11.3. The minimum absolute atomic E-state index is 0.0637. The van der Waals surface area contributed by atoms with Gasteiger partial charge in [0.05, 0.1) is 7.11 Å². The molecule has 6 nitrogen and oxygen atoms in total. The Bertz CT molecular complexity index is 648. The van der Waals surface area contributed by atoms with E-state index in [1.807, 2.05) is 12.1 Å². The van der Waals surface area contributed by atoms with Crippen molar-refractivity contribution in [2.75, 3.05) is 7.11 Å². The molecule has 106 valence electrons. The van der Waals surface area contributed by atoms with E-state index in [1.165, 1.54) is 6.92 Å². The lowest BCUT2D eigenvalue weighted by Gasteiger charge is -2.22. The van der Waals surface area contributed by atoms with Crippen molar-refractivity contribution in [2.45, 2.75) is 18.9 Å². The molecule has 1 aromatic carbocycles. The third-order valence-corrected chi connectivity index (χ3v) is 3.26. The molecule has 2 rings (SSSR count). The summed E-state index contributed by atoms with van der Waals surface area (Å²) in [5.41, 5.74) is 0.00485. The first-order valence-electron chi connectivity index (χ1n) is 5.99. The number of ether oxygens (including phenoxy) is 2. The first kappa shape index (κ1) is 13.9. The van der Waals surface area contributed by atoms with Crippen LogP contribution in [0.2, 0.25) is 0 Å². The average molecular weight is 277 g/mol. The van der Waals surface area contributed by atoms with E-state index in [-0.39, 0.29) is 12.9 Å². The number of rotatable bonds is 6. The lowest BCUT2D eigenvalue weighted by atomic mass is 9.96. The fourth-order valence-electron chi connectivity index (χ4n) is 2.07. The second-order valence-electron chi connectivity index (χ2n) is 4.65. The molecule has 0 saturated heterocycles. The highest BCUT2D eigenvalue weighted by Gasteiger charge is 2.36. The molecule has 0 aliphatic rings. The van der Waals surface area contributed by atoms with Gasteiger partial charge in [-0.05, 0) is 30.7 Å². The molecule has 2 N–H and O–H groups in total. The summed E-state index contributed by atoms with van der Waals surface area (Å²) in [6.45, 7) is 1.52. The topological polar surface area (TPSA) is 88.6 Å². The van der Waals surface area contributed by atoms with Crippen LogP contribution >= 0.6 is 0 Å². The van der Waals surface area contributed by atoms with E-state index in [0.29, 0.717) is 5.75 Å². The third kappa shape index (κ3) is 2.45. The highest BCUT2D eigenvalue weighted by molar-refractivity contribution is 5.86. The van der Waals surface area contributed by atoms with Gasteiger partial charge in [0.25, 0.3) is 6.47 Å². The van der Waals surface area contributed by atoms with Crippen molar-refractivity contribution in [2.24, 2.45) is 0 Å². The Kier molecular flexibility index (Phi) is 3.65. The number of nitrogens with one attached hydrogen (secondary N) is 1. The van der Waals surface area contributed by atoms with Crippen molar-refractivity contribution < 1.29 is 24.2 Å². The number of aromatic amines is 1. The zero-order valence-corrected chi connectivity index (χ0v) is 11.2. The number of benzene rings is 1. The number of carboxylic acid groups (broad SMARTS) is 1. The Morgan fingerprint density at radius 3 is 2.85 bits per heavy atom. The molecule has 1 heterocycles. The van der Waals surface area contributed by atoms with Crippen LogP contribution < -0.4 is 4.74 Å². The monoisotopic (exact) mass is 277 g/mol. The van der Waals surface area contributed by atoms with Crippen LogP contribution in [0.25, 0.3) is 10.9 Å². The van der Waals surface area contributed by atoms with Crippen LogP contribution in [0.5, 0.6) is 5.75 Å². The minimum atomic E-state index is -1.60. The predicted molar refractivity (Wildman–Crippen MR) is 71.7 cm³/mol. The molecule has 1 aromatic heterocycles. The first-order chi connectivity index (χ1) is 9.50. The van der Waals surface area contributed by atoms with Gasteiger partial charge in [-0.25, -0.2) is 4.79 Å². The quantitative estimate of drug-likeness (QED) is 0.785. The molecule has 6 heteroatoms. The van der Waals surface area contributed by atoms with E-state index in [4.69, 9.17) is 9.47 Å². The molecule has 0 amide bonds. The van der Waals surface area contributed by atoms with Gasteiger partial charge in [-0.2, -0.15) is 0 Å². The fourth-order valence-corrected chi connectivity index (χ4v) is 2.07. The molecule has 0 saturated carbocycles. The van der Waals surface area contributed by atoms with E-state index in [2.05, 4.69) is 4.98 Å². The second kappa shape index (κ2) is 5.24. The summed E-state index contributed by atoms with van der Waals surface area (Å²) in [5.74, 6) is -0.520. The molecule has 0 bridgehead atoms. The molecule has 0 fully saturated rings. The number of H-pyrrole nitrogens is 1. The fraction of sp³-hybridized carbons (Fsp3) is 0.286. The summed E-state index contributed by atoms with van der Waals surface area (Å²) in [5, 5.41) is 10.1. The van der Waals surface area contributed by atoms with Crippen LogP contribution in [-0.4, -0.2) is 35.2 Å². The van der Waals surface area contributed by atoms with E-state index in [9.17, 15) is 14.7 Å². The Morgan fingerprint density at radius 2 is 2.25 bits per heavy atom. The summed E-state index contributed by atoms with van der Waals surface area (Å²) in [6, 6.07) is 5.46. The van der Waals surface area contributed by atoms with Gasteiger partial charge in [-0.1, -0.05) is 0 Å². The first-order valence-corrected chi connectivity index (χ1v) is 5.99. The Morgan fingerprint density at radius 1 is 1.50 bits per heavy atom. The van der Waals surface area contributed by atoms with Gasteiger partial charge in [0, 0.05) is 23.5 Å². The largest absolute Gasteiger partial charge is 0.497 e. The van der Waals surface area contributed by atoms with E-state index in [1.54, 1.807) is 19.4 Å². The molecular formula is C14H15NO5. The molecule has 0 aliphatic heterocycles. The van der Waals surface area contributed by atoms with Gasteiger partial charge < -0.3 is 19.6 Å². The van der Waals surface area contributed by atoms with Crippen LogP contribution in [0.1, 0.15) is 12.5 Å². The van der Waals surface area contributed by atoms with Gasteiger partial charge in [0.1, 0.15) is 5.75 Å². The zero-order chi connectivity index (χ0) is 14.8. The minimum Gasteiger partial charge on any atom is -0.497 e. The standard InChI is InChI=1S/C14H15NO5/c1-14(13(17)18,20-8-16)6-9-7-15-12-4-3-10(19-2)5-11(9)12/h3-5,7-8,15H,6H2,1-2H3,(H,17,18). The highest BCUT2D eigenvalue weighted by atomic mass is 16.6. The van der Waals surface area contributed by atoms with Crippen molar-refractivity contribution >= 4 is 23.3 Å². The smallest absolute Gasteiger partial charge is 0.348 e. The van der Waals surface area contributed by atoms with Crippen molar-refractivity contribution in [3.8, 4) is 5.75 Å². The van der Waals surface area contributed by atoms with Crippen LogP contribution in [-0.2, 0) is 20.7 Å². The van der Waals surface area contributed by atoms with Gasteiger partial charge in [0.2, 0.25) is 5.60 Å². The van der Waals surface area contributed by atoms with Crippen molar-refractivity contribution in [1.29, 1.82) is 0 Å². The second-order valence-corrected chi connectivity index (χ2v) is 4.65. The molecule has 1 atom stereocenters. The average Bonchev–Trinajstić information content (AvgIpc) is 2.81. The highest BCUT2D eigenvalue weighted by Crippen LogP contribution is 2.27. The molecule has 0 radical (unpaired) electrons. The summed E-state index contributed by atoms with van der Waals surface area (Å²) in [7, 11) is 1.56. The van der Waals surface area contributed by atoms with Gasteiger partial charge in [-0.3, -0.25) is 4.79 Å². The molecule has 0 spiro atoms. The molecule has 20 heavy (non-hydrogen) atoms. The van der Waals surface area contributed by atoms with Crippen molar-refractivity contribution in [3.05, 3.63) is 30.0 Å². The van der Waals surface area contributed by atoms with E-state index >= 15 is 0 Å². The number of carboxylic acids is 1. The number of hydrogen-bond acceptors (Lipinski definition) is 4. The Balaban J connectivity index is 2.42. The zero-order valence-electron chi connectivity index (χ0n) is 11.2. The normalized spacial score (nSPS) is 13.7. The van der Waals surface area contributed by atoms with Gasteiger partial charge in [-0.15, -0.1) is 0 Å². The maximum atomic E-state index is 11.3. The van der Waals surface area contributed by atoms with E-state index < -0.39 is 11.6 Å². The summed E-state index contributed by atoms with van der Waals surface area (Å²) in [6.07, 6.45) is 1.77. The molecule has 0 aliphatic carbocycles. The van der Waals surface area contributed by atoms with Crippen LogP contribution in [0.4, 0.5) is 0 Å². The summed E-state index contributed by atoms with van der Waals surface area (Å²) >= 11 is 0. The Hall–Kier alpha value is -2.50. The van der Waals surface area contributed by atoms with Crippen LogP contribution in [0.15, 0.2) is 24.4 Å². The van der Waals surface area contributed by atoms with Gasteiger partial charge in [0.15, 0.2) is 0 Å². The molecule has 1 unspecified atom stereocenters. The predicted octanol–water partition coefficient (Wildman–Crippen LogP) is 1.74. The number of fused-ring (bicyclic) bond motifs is 1. The van der Waals surface area contributed by atoms with Crippen LogP contribution in [0.3, 0.4) is 0 Å². The number of methoxy groups -OCH3 is 1. The summed E-state index contributed by atoms with van der Waals surface area (Å²) in [4.78, 5) is 24.8.